The van der Waals surface area contributed by atoms with Crippen molar-refractivity contribution in [2.75, 3.05) is 26.2 Å². The number of hydrogen-bond donors (Lipinski definition) is 1. The van der Waals surface area contributed by atoms with Crippen LogP contribution in [0.15, 0.2) is 0 Å². The van der Waals surface area contributed by atoms with E-state index >= 15 is 0 Å². The summed E-state index contributed by atoms with van der Waals surface area (Å²) in [6.45, 7) is 7.86. The first-order chi connectivity index (χ1) is 8.54. The number of amides is 2. The maximum absolute atomic E-state index is 11.8. The number of nitrogens with one attached hydrogen (secondary N) is 1. The second-order valence-electron chi connectivity index (χ2n) is 4.91. The Morgan fingerprint density at radius 3 is 2.44 bits per heavy atom. The Balaban J connectivity index is 2.30. The molecule has 104 valence electrons. The first kappa shape index (κ1) is 15.0. The largest absolute Gasteiger partial charge is 0.369 e. The van der Waals surface area contributed by atoms with Gasteiger partial charge in [0.05, 0.1) is 6.10 Å². The first-order valence-corrected chi connectivity index (χ1v) is 6.71. The molecule has 18 heavy (non-hydrogen) atoms. The number of piperidine rings is 1. The molecule has 0 aromatic rings. The fourth-order valence-corrected chi connectivity index (χ4v) is 2.04. The predicted octanol–water partition coefficient (Wildman–Crippen LogP) is 0.786. The molecule has 1 fully saturated rings. The summed E-state index contributed by atoms with van der Waals surface area (Å²) in [7, 11) is 0. The van der Waals surface area contributed by atoms with Crippen LogP contribution in [-0.2, 0) is 14.3 Å². The van der Waals surface area contributed by atoms with Crippen LogP contribution in [0, 0.1) is 5.92 Å². The Morgan fingerprint density at radius 1 is 1.33 bits per heavy atom. The predicted molar refractivity (Wildman–Crippen MR) is 69.1 cm³/mol. The summed E-state index contributed by atoms with van der Waals surface area (Å²) < 4.78 is 5.30. The molecular weight excluding hydrogens is 232 g/mol. The summed E-state index contributed by atoms with van der Waals surface area (Å²) in [6.07, 6.45) is 1.57. The number of hydrogen-bond acceptors (Lipinski definition) is 3. The van der Waals surface area contributed by atoms with Gasteiger partial charge >= 0.3 is 0 Å². The van der Waals surface area contributed by atoms with Gasteiger partial charge in [-0.25, -0.2) is 0 Å². The van der Waals surface area contributed by atoms with Gasteiger partial charge < -0.3 is 15.0 Å². The number of likely N-dealkylation sites (tertiary alicyclic amines) is 1. The van der Waals surface area contributed by atoms with Crippen molar-refractivity contribution in [3.8, 4) is 0 Å². The molecule has 0 bridgehead atoms. The van der Waals surface area contributed by atoms with Crippen LogP contribution in [0.25, 0.3) is 0 Å². The molecule has 1 aliphatic rings. The molecule has 0 saturated carbocycles. The van der Waals surface area contributed by atoms with Gasteiger partial charge in [0.1, 0.15) is 6.61 Å². The third-order valence-electron chi connectivity index (χ3n) is 3.11. The quantitative estimate of drug-likeness (QED) is 0.791. The smallest absolute Gasteiger partial charge is 0.248 e. The maximum Gasteiger partial charge on any atom is 0.248 e. The minimum Gasteiger partial charge on any atom is -0.369 e. The number of rotatable bonds is 5. The number of ether oxygens (including phenoxy) is 1. The van der Waals surface area contributed by atoms with E-state index in [0.717, 1.165) is 12.8 Å². The average Bonchev–Trinajstić information content (AvgIpc) is 2.36. The van der Waals surface area contributed by atoms with Gasteiger partial charge in [0.25, 0.3) is 0 Å². The number of nitrogens with zero attached hydrogens (tertiary/aromatic N) is 1. The van der Waals surface area contributed by atoms with E-state index in [0.29, 0.717) is 19.6 Å². The third-order valence-corrected chi connectivity index (χ3v) is 3.11. The number of carbonyl (C=O) groups is 2. The van der Waals surface area contributed by atoms with Crippen LogP contribution in [0.1, 0.15) is 33.6 Å². The third kappa shape index (κ3) is 4.64. The average molecular weight is 256 g/mol. The molecule has 5 heteroatoms. The molecule has 0 aromatic carbocycles. The van der Waals surface area contributed by atoms with Crippen molar-refractivity contribution in [1.82, 2.24) is 10.2 Å². The molecule has 1 saturated heterocycles. The maximum atomic E-state index is 11.8. The van der Waals surface area contributed by atoms with Gasteiger partial charge in [0.15, 0.2) is 0 Å². The lowest BCUT2D eigenvalue weighted by Crippen LogP contribution is -2.44. The highest BCUT2D eigenvalue weighted by molar-refractivity contribution is 5.80. The fraction of sp³-hybridized carbons (Fsp3) is 0.846. The minimum absolute atomic E-state index is 0.0260. The minimum atomic E-state index is 0.0260. The second-order valence-corrected chi connectivity index (χ2v) is 4.91. The molecule has 1 aliphatic heterocycles. The van der Waals surface area contributed by atoms with Crippen LogP contribution >= 0.6 is 0 Å². The fourth-order valence-electron chi connectivity index (χ4n) is 2.04. The Bertz CT molecular complexity index is 284. The molecule has 1 heterocycles. The summed E-state index contributed by atoms with van der Waals surface area (Å²) in [5, 5.41) is 2.83. The highest BCUT2D eigenvalue weighted by atomic mass is 16.5. The summed E-state index contributed by atoms with van der Waals surface area (Å²) in [5.41, 5.74) is 0. The van der Waals surface area contributed by atoms with Crippen molar-refractivity contribution in [3.05, 3.63) is 0 Å². The summed E-state index contributed by atoms with van der Waals surface area (Å²) in [5.74, 6) is 0.195. The second kappa shape index (κ2) is 7.36. The molecule has 1 N–H and O–H groups in total. The van der Waals surface area contributed by atoms with E-state index in [1.807, 2.05) is 20.8 Å². The molecule has 5 nitrogen and oxygen atoms in total. The van der Waals surface area contributed by atoms with Crippen molar-refractivity contribution in [2.24, 2.45) is 5.92 Å². The SMILES string of the molecule is CCNC(=O)C1CCN(C(=O)COC(C)C)CC1. The van der Waals surface area contributed by atoms with Gasteiger partial charge in [-0.15, -0.1) is 0 Å². The van der Waals surface area contributed by atoms with Gasteiger partial charge in [-0.1, -0.05) is 0 Å². The van der Waals surface area contributed by atoms with E-state index in [4.69, 9.17) is 4.74 Å². The van der Waals surface area contributed by atoms with E-state index in [9.17, 15) is 9.59 Å². The van der Waals surface area contributed by atoms with E-state index < -0.39 is 0 Å². The van der Waals surface area contributed by atoms with Crippen molar-refractivity contribution >= 4 is 11.8 Å². The van der Waals surface area contributed by atoms with E-state index in [2.05, 4.69) is 5.32 Å². The zero-order chi connectivity index (χ0) is 13.5. The van der Waals surface area contributed by atoms with Gasteiger partial charge in [0, 0.05) is 25.6 Å². The molecule has 0 aliphatic carbocycles. The Hall–Kier alpha value is -1.10. The number of carbonyl (C=O) groups excluding carboxylic acids is 2. The molecule has 0 spiro atoms. The molecule has 0 unspecified atom stereocenters. The van der Waals surface area contributed by atoms with Crippen molar-refractivity contribution < 1.29 is 14.3 Å². The van der Waals surface area contributed by atoms with Crippen LogP contribution in [0.3, 0.4) is 0 Å². The van der Waals surface area contributed by atoms with Crippen LogP contribution in [0.2, 0.25) is 0 Å². The standard InChI is InChI=1S/C13H24N2O3/c1-4-14-13(17)11-5-7-15(8-6-11)12(16)9-18-10(2)3/h10-11H,4-9H2,1-3H3,(H,14,17). The Labute approximate surface area is 109 Å². The topological polar surface area (TPSA) is 58.6 Å². The van der Waals surface area contributed by atoms with Crippen LogP contribution < -0.4 is 5.32 Å². The molecule has 0 aromatic heterocycles. The first-order valence-electron chi connectivity index (χ1n) is 6.71. The molecule has 0 atom stereocenters. The lowest BCUT2D eigenvalue weighted by molar-refractivity contribution is -0.140. The van der Waals surface area contributed by atoms with Crippen molar-refractivity contribution in [3.63, 3.8) is 0 Å². The molecule has 0 radical (unpaired) electrons. The van der Waals surface area contributed by atoms with Crippen molar-refractivity contribution in [2.45, 2.75) is 39.7 Å². The zero-order valence-electron chi connectivity index (χ0n) is 11.6. The summed E-state index contributed by atoms with van der Waals surface area (Å²) in [6, 6.07) is 0. The monoisotopic (exact) mass is 256 g/mol. The summed E-state index contributed by atoms with van der Waals surface area (Å²) in [4.78, 5) is 25.2. The Morgan fingerprint density at radius 2 is 1.94 bits per heavy atom. The zero-order valence-corrected chi connectivity index (χ0v) is 11.6. The van der Waals surface area contributed by atoms with E-state index in [1.165, 1.54) is 0 Å². The van der Waals surface area contributed by atoms with Gasteiger partial charge in [-0.05, 0) is 33.6 Å². The Kier molecular flexibility index (Phi) is 6.12. The summed E-state index contributed by atoms with van der Waals surface area (Å²) >= 11 is 0. The lowest BCUT2D eigenvalue weighted by atomic mass is 9.96. The van der Waals surface area contributed by atoms with Crippen LogP contribution in [0.5, 0.6) is 0 Å². The molecular formula is C13H24N2O3. The normalized spacial score (nSPS) is 17.0. The molecule has 1 rings (SSSR count). The highest BCUT2D eigenvalue weighted by Crippen LogP contribution is 2.17. The lowest BCUT2D eigenvalue weighted by Gasteiger charge is -2.31. The van der Waals surface area contributed by atoms with E-state index in [-0.39, 0.29) is 30.4 Å². The van der Waals surface area contributed by atoms with E-state index in [1.54, 1.807) is 4.90 Å². The van der Waals surface area contributed by atoms with Crippen molar-refractivity contribution in [1.29, 1.82) is 0 Å². The van der Waals surface area contributed by atoms with Crippen LogP contribution in [0.4, 0.5) is 0 Å². The van der Waals surface area contributed by atoms with Gasteiger partial charge in [-0.3, -0.25) is 9.59 Å². The van der Waals surface area contributed by atoms with Gasteiger partial charge in [0.2, 0.25) is 11.8 Å². The van der Waals surface area contributed by atoms with Gasteiger partial charge in [-0.2, -0.15) is 0 Å². The van der Waals surface area contributed by atoms with Crippen LogP contribution in [-0.4, -0.2) is 49.1 Å². The highest BCUT2D eigenvalue weighted by Gasteiger charge is 2.26. The molecule has 2 amide bonds.